The van der Waals surface area contributed by atoms with Gasteiger partial charge >= 0.3 is 0 Å². The molecule has 0 bridgehead atoms. The maximum Gasteiger partial charge on any atom is 0.276 e. The Balaban J connectivity index is 2.16. The number of rotatable bonds is 5. The Kier molecular flexibility index (Phi) is 4.88. The van der Waals surface area contributed by atoms with Crippen LogP contribution in [0.3, 0.4) is 0 Å². The van der Waals surface area contributed by atoms with Crippen molar-refractivity contribution in [1.29, 1.82) is 0 Å². The molecule has 1 N–H and O–H groups in total. The van der Waals surface area contributed by atoms with Crippen molar-refractivity contribution in [2.75, 3.05) is 0 Å². The SMILES string of the molecule is O=[N+]([O-])c1cccc(S(=O)(=O)N/N=C/c2ccc(Br)cc2)c1. The average Bonchev–Trinajstić information content (AvgIpc) is 2.49. The van der Waals surface area contributed by atoms with Crippen molar-refractivity contribution in [1.82, 2.24) is 4.83 Å². The van der Waals surface area contributed by atoms with E-state index < -0.39 is 14.9 Å². The molecule has 0 fully saturated rings. The molecule has 0 heterocycles. The number of sulfonamides is 1. The second kappa shape index (κ2) is 6.67. The highest BCUT2D eigenvalue weighted by atomic mass is 79.9. The lowest BCUT2D eigenvalue weighted by Crippen LogP contribution is -2.18. The highest BCUT2D eigenvalue weighted by molar-refractivity contribution is 9.10. The molecule has 0 saturated heterocycles. The molecule has 114 valence electrons. The first-order valence-corrected chi connectivity index (χ1v) is 8.21. The lowest BCUT2D eigenvalue weighted by molar-refractivity contribution is -0.385. The van der Waals surface area contributed by atoms with Gasteiger partial charge < -0.3 is 0 Å². The zero-order valence-corrected chi connectivity index (χ0v) is 13.4. The quantitative estimate of drug-likeness (QED) is 0.486. The zero-order chi connectivity index (χ0) is 16.2. The van der Waals surface area contributed by atoms with Gasteiger partial charge in [-0.3, -0.25) is 10.1 Å². The molecule has 7 nitrogen and oxygen atoms in total. The Hall–Kier alpha value is -2.26. The maximum absolute atomic E-state index is 12.0. The van der Waals surface area contributed by atoms with Crippen molar-refractivity contribution >= 4 is 37.9 Å². The molecule has 0 amide bonds. The lowest BCUT2D eigenvalue weighted by atomic mass is 10.2. The summed E-state index contributed by atoms with van der Waals surface area (Å²) in [5.41, 5.74) is 0.393. The molecule has 2 aromatic carbocycles. The molecule has 9 heteroatoms. The molecule has 22 heavy (non-hydrogen) atoms. The van der Waals surface area contributed by atoms with Crippen molar-refractivity contribution in [3.05, 3.63) is 68.7 Å². The van der Waals surface area contributed by atoms with Crippen LogP contribution in [0.1, 0.15) is 5.56 Å². The zero-order valence-electron chi connectivity index (χ0n) is 11.0. The third kappa shape index (κ3) is 4.12. The van der Waals surface area contributed by atoms with Crippen LogP contribution in [-0.4, -0.2) is 19.6 Å². The predicted octanol–water partition coefficient (Wildman–Crippen LogP) is 2.67. The Bertz CT molecular complexity index is 819. The monoisotopic (exact) mass is 383 g/mol. The van der Waals surface area contributed by atoms with Crippen LogP contribution in [0.25, 0.3) is 0 Å². The maximum atomic E-state index is 12.0. The summed E-state index contributed by atoms with van der Waals surface area (Å²) in [5, 5.41) is 14.3. The van der Waals surface area contributed by atoms with Crippen LogP contribution in [0.4, 0.5) is 5.69 Å². The minimum absolute atomic E-state index is 0.227. The van der Waals surface area contributed by atoms with Crippen LogP contribution in [0.5, 0.6) is 0 Å². The molecule has 0 unspecified atom stereocenters. The summed E-state index contributed by atoms with van der Waals surface area (Å²) in [7, 11) is -3.96. The van der Waals surface area contributed by atoms with E-state index in [9.17, 15) is 18.5 Å². The Labute approximate surface area is 135 Å². The van der Waals surface area contributed by atoms with Gasteiger partial charge in [0.1, 0.15) is 0 Å². The second-order valence-electron chi connectivity index (χ2n) is 4.16. The van der Waals surface area contributed by atoms with Crippen molar-refractivity contribution in [2.45, 2.75) is 4.90 Å². The minimum Gasteiger partial charge on any atom is -0.258 e. The smallest absolute Gasteiger partial charge is 0.258 e. The van der Waals surface area contributed by atoms with Gasteiger partial charge in [0.05, 0.1) is 16.0 Å². The van der Waals surface area contributed by atoms with Gasteiger partial charge in [-0.1, -0.05) is 34.1 Å². The first kappa shape index (κ1) is 16.1. The molecular weight excluding hydrogens is 374 g/mol. The number of nitro benzene ring substituents is 1. The van der Waals surface area contributed by atoms with E-state index in [2.05, 4.69) is 21.0 Å². The molecule has 0 aromatic heterocycles. The predicted molar refractivity (Wildman–Crippen MR) is 85.2 cm³/mol. The summed E-state index contributed by atoms with van der Waals surface area (Å²) in [6.07, 6.45) is 1.33. The fourth-order valence-corrected chi connectivity index (χ4v) is 2.63. The number of halogens is 1. The number of nitro groups is 1. The van der Waals surface area contributed by atoms with E-state index in [4.69, 9.17) is 0 Å². The van der Waals surface area contributed by atoms with Crippen molar-refractivity contribution in [2.24, 2.45) is 5.10 Å². The Morgan fingerprint density at radius 3 is 2.50 bits per heavy atom. The van der Waals surface area contributed by atoms with Crippen LogP contribution >= 0.6 is 15.9 Å². The normalized spacial score (nSPS) is 11.5. The summed E-state index contributed by atoms with van der Waals surface area (Å²) >= 11 is 3.28. The van der Waals surface area contributed by atoms with Gasteiger partial charge in [-0.15, -0.1) is 0 Å². The number of nitrogens with one attached hydrogen (secondary N) is 1. The first-order chi connectivity index (χ1) is 10.4. The number of benzene rings is 2. The summed E-state index contributed by atoms with van der Waals surface area (Å²) in [6.45, 7) is 0. The van der Waals surface area contributed by atoms with Gasteiger partial charge in [-0.05, 0) is 23.8 Å². The number of hydrogen-bond acceptors (Lipinski definition) is 5. The van der Waals surface area contributed by atoms with Crippen LogP contribution < -0.4 is 4.83 Å². The summed E-state index contributed by atoms with van der Waals surface area (Å²) in [6, 6.07) is 11.8. The first-order valence-electron chi connectivity index (χ1n) is 5.93. The standard InChI is InChI=1S/C13H10BrN3O4S/c14-11-6-4-10(5-7-11)9-15-16-22(20,21)13-3-1-2-12(8-13)17(18)19/h1-9,16H/b15-9+. The van der Waals surface area contributed by atoms with Gasteiger partial charge in [0, 0.05) is 16.6 Å². The van der Waals surface area contributed by atoms with Crippen molar-refractivity contribution in [3.8, 4) is 0 Å². The Morgan fingerprint density at radius 2 is 1.86 bits per heavy atom. The molecule has 0 saturated carbocycles. The number of nitrogens with zero attached hydrogens (tertiary/aromatic N) is 2. The molecule has 2 aromatic rings. The van der Waals surface area contributed by atoms with Gasteiger partial charge in [0.2, 0.25) is 0 Å². The number of hydrogen-bond donors (Lipinski definition) is 1. The molecule has 0 aliphatic heterocycles. The van der Waals surface area contributed by atoms with E-state index in [1.54, 1.807) is 24.3 Å². The lowest BCUT2D eigenvalue weighted by Gasteiger charge is -2.03. The van der Waals surface area contributed by atoms with Gasteiger partial charge in [-0.2, -0.15) is 13.5 Å². The third-order valence-electron chi connectivity index (χ3n) is 2.60. The van der Waals surface area contributed by atoms with Crippen LogP contribution in [0, 0.1) is 10.1 Å². The molecule has 2 rings (SSSR count). The van der Waals surface area contributed by atoms with Crippen molar-refractivity contribution < 1.29 is 13.3 Å². The average molecular weight is 384 g/mol. The van der Waals surface area contributed by atoms with E-state index in [1.807, 2.05) is 4.83 Å². The largest absolute Gasteiger partial charge is 0.276 e. The summed E-state index contributed by atoms with van der Waals surface area (Å²) < 4.78 is 24.9. The number of hydrazone groups is 1. The van der Waals surface area contributed by atoms with E-state index in [0.717, 1.165) is 10.5 Å². The Morgan fingerprint density at radius 1 is 1.18 bits per heavy atom. The molecular formula is C13H10BrN3O4S. The fourth-order valence-electron chi connectivity index (χ4n) is 1.54. The van der Waals surface area contributed by atoms with Crippen molar-refractivity contribution in [3.63, 3.8) is 0 Å². The fraction of sp³-hybridized carbons (Fsp3) is 0. The summed E-state index contributed by atoms with van der Waals surface area (Å²) in [4.78, 5) is 11.8. The van der Waals surface area contributed by atoms with Gasteiger partial charge in [0.15, 0.2) is 0 Å². The third-order valence-corrected chi connectivity index (χ3v) is 4.34. The van der Waals surface area contributed by atoms with Crippen LogP contribution in [-0.2, 0) is 10.0 Å². The van der Waals surface area contributed by atoms with Crippen LogP contribution in [0.2, 0.25) is 0 Å². The van der Waals surface area contributed by atoms with Gasteiger partial charge in [-0.25, -0.2) is 4.83 Å². The molecule has 0 aliphatic carbocycles. The molecule has 0 atom stereocenters. The molecule has 0 aliphatic rings. The van der Waals surface area contributed by atoms with E-state index >= 15 is 0 Å². The molecule has 0 spiro atoms. The molecule has 0 radical (unpaired) electrons. The van der Waals surface area contributed by atoms with Crippen LogP contribution in [0.15, 0.2) is 63.0 Å². The topological polar surface area (TPSA) is 102 Å². The van der Waals surface area contributed by atoms with E-state index in [-0.39, 0.29) is 10.6 Å². The second-order valence-corrected chi connectivity index (χ2v) is 6.74. The summed E-state index contributed by atoms with van der Waals surface area (Å²) in [5.74, 6) is 0. The number of non-ortho nitro benzene ring substituents is 1. The van der Waals surface area contributed by atoms with E-state index in [0.29, 0.717) is 5.56 Å². The highest BCUT2D eigenvalue weighted by Gasteiger charge is 2.16. The highest BCUT2D eigenvalue weighted by Crippen LogP contribution is 2.17. The van der Waals surface area contributed by atoms with E-state index in [1.165, 1.54) is 24.4 Å². The van der Waals surface area contributed by atoms with Gasteiger partial charge in [0.25, 0.3) is 15.7 Å². The minimum atomic E-state index is -3.96.